The molecule has 6 nitrogen and oxygen atoms in total. The molecule has 182 valence electrons. The number of likely N-dealkylation sites (tertiary alicyclic amines) is 1. The number of benzene rings is 2. The summed E-state index contributed by atoms with van der Waals surface area (Å²) in [5.41, 5.74) is 0.00669. The van der Waals surface area contributed by atoms with Gasteiger partial charge in [0.15, 0.2) is 0 Å². The van der Waals surface area contributed by atoms with Gasteiger partial charge in [0.2, 0.25) is 10.0 Å². The average Bonchev–Trinajstić information content (AvgIpc) is 2.77. The summed E-state index contributed by atoms with van der Waals surface area (Å²) in [5.74, 6) is 0.692. The van der Waals surface area contributed by atoms with Crippen molar-refractivity contribution < 1.29 is 31.4 Å². The fraction of sp³-hybridized carbons (Fsp3) is 0.455. The van der Waals surface area contributed by atoms with Gasteiger partial charge in [-0.3, -0.25) is 4.90 Å². The van der Waals surface area contributed by atoms with E-state index in [1.54, 1.807) is 0 Å². The third kappa shape index (κ3) is 7.31. The second-order valence-corrected chi connectivity index (χ2v) is 10.1. The van der Waals surface area contributed by atoms with E-state index in [0.29, 0.717) is 24.9 Å². The van der Waals surface area contributed by atoms with Crippen LogP contribution in [0.2, 0.25) is 5.02 Å². The number of alkyl halides is 3. The topological polar surface area (TPSA) is 78.9 Å². The molecule has 1 aliphatic rings. The summed E-state index contributed by atoms with van der Waals surface area (Å²) in [7, 11) is -4.19. The molecule has 2 N–H and O–H groups in total. The van der Waals surface area contributed by atoms with E-state index in [-0.39, 0.29) is 30.7 Å². The molecule has 1 fully saturated rings. The zero-order chi connectivity index (χ0) is 24.1. The van der Waals surface area contributed by atoms with Crippen LogP contribution in [0.4, 0.5) is 13.2 Å². The fourth-order valence-corrected chi connectivity index (χ4v) is 5.40. The minimum atomic E-state index is -4.66. The van der Waals surface area contributed by atoms with Gasteiger partial charge in [0.1, 0.15) is 17.3 Å². The summed E-state index contributed by atoms with van der Waals surface area (Å²) in [6, 6.07) is 9.81. The molecule has 2 aromatic rings. The first-order valence-electron chi connectivity index (χ1n) is 10.5. The van der Waals surface area contributed by atoms with Gasteiger partial charge in [0.25, 0.3) is 0 Å². The van der Waals surface area contributed by atoms with Crippen molar-refractivity contribution in [2.75, 3.05) is 32.8 Å². The zero-order valence-electron chi connectivity index (χ0n) is 17.8. The molecule has 1 atom stereocenters. The van der Waals surface area contributed by atoms with E-state index < -0.39 is 26.7 Å². The first-order valence-corrected chi connectivity index (χ1v) is 12.4. The van der Waals surface area contributed by atoms with E-state index >= 15 is 0 Å². The number of aliphatic hydroxyl groups is 1. The van der Waals surface area contributed by atoms with Gasteiger partial charge in [0, 0.05) is 19.6 Å². The summed E-state index contributed by atoms with van der Waals surface area (Å²) < 4.78 is 72.0. The normalized spacial score (nSPS) is 17.8. The van der Waals surface area contributed by atoms with Crippen molar-refractivity contribution in [1.82, 2.24) is 9.62 Å². The van der Waals surface area contributed by atoms with Crippen LogP contribution < -0.4 is 9.46 Å². The third-order valence-corrected chi connectivity index (χ3v) is 7.31. The summed E-state index contributed by atoms with van der Waals surface area (Å²) in [6.45, 7) is 2.49. The van der Waals surface area contributed by atoms with Gasteiger partial charge in [0.05, 0.1) is 17.2 Å². The smallest absolute Gasteiger partial charge is 0.416 e. The molecule has 1 heterocycles. The predicted octanol–water partition coefficient (Wildman–Crippen LogP) is 3.92. The molecular formula is C22H26ClF3N2O4S. The minimum absolute atomic E-state index is 0.0188. The van der Waals surface area contributed by atoms with Crippen LogP contribution in [0, 0.1) is 5.92 Å². The second-order valence-electron chi connectivity index (χ2n) is 7.95. The SMILES string of the molecule is O=S(=O)(NC[C@@H]1CCCN(Cc2ccc(OCCO)cc2)C1)c1cc(C(F)(F)F)ccc1Cl. The van der Waals surface area contributed by atoms with E-state index in [1.807, 2.05) is 24.3 Å². The molecule has 0 unspecified atom stereocenters. The first kappa shape index (κ1) is 25.8. The van der Waals surface area contributed by atoms with Gasteiger partial charge in [-0.15, -0.1) is 0 Å². The predicted molar refractivity (Wildman–Crippen MR) is 119 cm³/mol. The maximum Gasteiger partial charge on any atom is 0.416 e. The highest BCUT2D eigenvalue weighted by atomic mass is 35.5. The highest BCUT2D eigenvalue weighted by Crippen LogP contribution is 2.33. The number of ether oxygens (including phenoxy) is 1. The lowest BCUT2D eigenvalue weighted by atomic mass is 9.98. The first-order chi connectivity index (χ1) is 15.6. The Labute approximate surface area is 196 Å². The van der Waals surface area contributed by atoms with Crippen molar-refractivity contribution in [3.05, 3.63) is 58.6 Å². The van der Waals surface area contributed by atoms with E-state index in [0.717, 1.165) is 37.1 Å². The molecule has 1 aliphatic heterocycles. The molecule has 11 heteroatoms. The molecule has 0 amide bonds. The summed E-state index contributed by atoms with van der Waals surface area (Å²) in [6.07, 6.45) is -2.97. The second kappa shape index (κ2) is 11.1. The lowest BCUT2D eigenvalue weighted by Crippen LogP contribution is -2.40. The lowest BCUT2D eigenvalue weighted by molar-refractivity contribution is -0.137. The van der Waals surface area contributed by atoms with Crippen LogP contribution in [0.3, 0.4) is 0 Å². The zero-order valence-corrected chi connectivity index (χ0v) is 19.4. The average molecular weight is 507 g/mol. The molecule has 0 saturated carbocycles. The molecule has 3 rings (SSSR count). The van der Waals surface area contributed by atoms with Crippen LogP contribution in [0.15, 0.2) is 47.4 Å². The van der Waals surface area contributed by atoms with Crippen molar-refractivity contribution in [3.8, 4) is 5.75 Å². The van der Waals surface area contributed by atoms with Gasteiger partial charge in [-0.05, 0) is 61.2 Å². The van der Waals surface area contributed by atoms with Crippen molar-refractivity contribution in [2.45, 2.75) is 30.5 Å². The number of nitrogens with zero attached hydrogens (tertiary/aromatic N) is 1. The number of rotatable bonds is 9. The largest absolute Gasteiger partial charge is 0.491 e. The molecule has 0 radical (unpaired) electrons. The van der Waals surface area contributed by atoms with E-state index in [9.17, 15) is 21.6 Å². The van der Waals surface area contributed by atoms with Crippen LogP contribution in [-0.2, 0) is 22.7 Å². The number of hydrogen-bond acceptors (Lipinski definition) is 5. The number of sulfonamides is 1. The fourth-order valence-electron chi connectivity index (χ4n) is 3.77. The number of halogens is 4. The van der Waals surface area contributed by atoms with Crippen molar-refractivity contribution >= 4 is 21.6 Å². The third-order valence-electron chi connectivity index (χ3n) is 5.40. The van der Waals surface area contributed by atoms with Crippen LogP contribution in [0.1, 0.15) is 24.0 Å². The molecule has 0 aliphatic carbocycles. The molecule has 1 saturated heterocycles. The van der Waals surface area contributed by atoms with Gasteiger partial charge in [-0.2, -0.15) is 13.2 Å². The Morgan fingerprint density at radius 3 is 2.58 bits per heavy atom. The molecule has 33 heavy (non-hydrogen) atoms. The minimum Gasteiger partial charge on any atom is -0.491 e. The monoisotopic (exact) mass is 506 g/mol. The maximum absolute atomic E-state index is 13.0. The standard InChI is InChI=1S/C22H26ClF3N2O4S/c23-20-8-5-18(22(24,25)26)12-21(20)33(30,31)27-13-17-2-1-9-28(15-17)14-16-3-6-19(7-4-16)32-11-10-29/h3-8,12,17,27,29H,1-2,9-11,13-15H2/t17-/m0/s1. The molecule has 0 spiro atoms. The Morgan fingerprint density at radius 1 is 1.18 bits per heavy atom. The maximum atomic E-state index is 13.0. The Balaban J connectivity index is 1.58. The molecular weight excluding hydrogens is 481 g/mol. The Kier molecular flexibility index (Phi) is 8.63. The highest BCUT2D eigenvalue weighted by Gasteiger charge is 2.33. The number of nitrogens with one attached hydrogen (secondary N) is 1. The molecule has 0 bridgehead atoms. The van der Waals surface area contributed by atoms with Crippen molar-refractivity contribution in [2.24, 2.45) is 5.92 Å². The quantitative estimate of drug-likeness (QED) is 0.539. The highest BCUT2D eigenvalue weighted by molar-refractivity contribution is 7.89. The lowest BCUT2D eigenvalue weighted by Gasteiger charge is -2.32. The van der Waals surface area contributed by atoms with E-state index in [2.05, 4.69) is 9.62 Å². The van der Waals surface area contributed by atoms with Gasteiger partial charge >= 0.3 is 6.18 Å². The number of piperidine rings is 1. The Hall–Kier alpha value is -1.85. The Bertz CT molecular complexity index is 1030. The summed E-state index contributed by atoms with van der Waals surface area (Å²) in [5, 5.41) is 8.56. The number of aliphatic hydroxyl groups excluding tert-OH is 1. The Morgan fingerprint density at radius 2 is 1.91 bits per heavy atom. The van der Waals surface area contributed by atoms with Gasteiger partial charge in [-0.1, -0.05) is 23.7 Å². The van der Waals surface area contributed by atoms with Crippen LogP contribution in [-0.4, -0.2) is 51.3 Å². The van der Waals surface area contributed by atoms with Gasteiger partial charge < -0.3 is 9.84 Å². The summed E-state index contributed by atoms with van der Waals surface area (Å²) >= 11 is 5.89. The molecule has 2 aromatic carbocycles. The van der Waals surface area contributed by atoms with Crippen LogP contribution >= 0.6 is 11.6 Å². The molecule has 0 aromatic heterocycles. The van der Waals surface area contributed by atoms with E-state index in [4.69, 9.17) is 21.4 Å². The van der Waals surface area contributed by atoms with Gasteiger partial charge in [-0.25, -0.2) is 13.1 Å². The number of hydrogen-bond donors (Lipinski definition) is 2. The van der Waals surface area contributed by atoms with Crippen LogP contribution in [0.5, 0.6) is 5.75 Å². The van der Waals surface area contributed by atoms with E-state index in [1.165, 1.54) is 0 Å². The van der Waals surface area contributed by atoms with Crippen molar-refractivity contribution in [3.63, 3.8) is 0 Å². The van der Waals surface area contributed by atoms with Crippen molar-refractivity contribution in [1.29, 1.82) is 0 Å². The summed E-state index contributed by atoms with van der Waals surface area (Å²) in [4.78, 5) is 1.64. The van der Waals surface area contributed by atoms with Crippen LogP contribution in [0.25, 0.3) is 0 Å².